The monoisotopic (exact) mass is 291 g/mol. The minimum atomic E-state index is -0.149. The molecule has 3 heterocycles. The summed E-state index contributed by atoms with van der Waals surface area (Å²) in [6.45, 7) is 5.04. The Morgan fingerprint density at radius 3 is 2.90 bits per heavy atom. The van der Waals surface area contributed by atoms with Crippen molar-refractivity contribution in [2.24, 2.45) is 5.92 Å². The summed E-state index contributed by atoms with van der Waals surface area (Å²) in [6.07, 6.45) is 3.24. The minimum absolute atomic E-state index is 0.102. The average Bonchev–Trinajstić information content (AvgIpc) is 2.55. The van der Waals surface area contributed by atoms with Crippen LogP contribution in [0.15, 0.2) is 12.3 Å². The molecule has 6 nitrogen and oxygen atoms in total. The molecule has 1 atom stereocenters. The van der Waals surface area contributed by atoms with Crippen LogP contribution >= 0.6 is 0 Å². The van der Waals surface area contributed by atoms with Gasteiger partial charge in [0.15, 0.2) is 0 Å². The Kier molecular flexibility index (Phi) is 4.45. The first kappa shape index (κ1) is 14.4. The zero-order valence-corrected chi connectivity index (χ0v) is 12.3. The lowest BCUT2D eigenvalue weighted by Crippen LogP contribution is -2.46. The van der Waals surface area contributed by atoms with Gasteiger partial charge >= 0.3 is 0 Å². The van der Waals surface area contributed by atoms with Crippen LogP contribution in [0.25, 0.3) is 0 Å². The Morgan fingerprint density at radius 2 is 2.14 bits per heavy atom. The fourth-order valence-corrected chi connectivity index (χ4v) is 2.88. The first-order chi connectivity index (χ1) is 10.2. The highest BCUT2D eigenvalue weighted by Gasteiger charge is 2.31. The van der Waals surface area contributed by atoms with E-state index >= 15 is 0 Å². The first-order valence-corrected chi connectivity index (χ1v) is 7.52. The van der Waals surface area contributed by atoms with Crippen LogP contribution in [0, 0.1) is 12.8 Å². The van der Waals surface area contributed by atoms with Crippen LogP contribution in [-0.2, 0) is 14.3 Å². The van der Waals surface area contributed by atoms with Crippen molar-refractivity contribution < 1.29 is 14.3 Å². The van der Waals surface area contributed by atoms with Crippen LogP contribution in [-0.4, -0.2) is 53.7 Å². The molecule has 0 aromatic carbocycles. The van der Waals surface area contributed by atoms with Gasteiger partial charge < -0.3 is 14.4 Å². The summed E-state index contributed by atoms with van der Waals surface area (Å²) in [7, 11) is 0. The maximum absolute atomic E-state index is 12.6. The highest BCUT2D eigenvalue weighted by atomic mass is 16.5. The molecular formula is C15H21N3O3. The van der Waals surface area contributed by atoms with E-state index < -0.39 is 0 Å². The van der Waals surface area contributed by atoms with Crippen LogP contribution in [0.4, 0.5) is 0 Å². The Labute approximate surface area is 124 Å². The normalized spacial score (nSPS) is 24.0. The van der Waals surface area contributed by atoms with Crippen LogP contribution in [0.5, 0.6) is 0 Å². The van der Waals surface area contributed by atoms with Gasteiger partial charge in [0.25, 0.3) is 0 Å². The molecule has 1 aromatic rings. The number of carbonyl (C=O) groups is 1. The van der Waals surface area contributed by atoms with Crippen molar-refractivity contribution in [1.29, 1.82) is 0 Å². The molecule has 0 spiro atoms. The predicted octanol–water partition coefficient (Wildman–Crippen LogP) is 1.11. The molecule has 0 aliphatic carbocycles. The van der Waals surface area contributed by atoms with Crippen LogP contribution in [0.2, 0.25) is 0 Å². The summed E-state index contributed by atoms with van der Waals surface area (Å²) >= 11 is 0. The molecule has 1 amide bonds. The highest BCUT2D eigenvalue weighted by molar-refractivity contribution is 5.79. The molecule has 1 aromatic heterocycles. The molecule has 2 aliphatic rings. The lowest BCUT2D eigenvalue weighted by Gasteiger charge is -2.35. The van der Waals surface area contributed by atoms with Gasteiger partial charge in [-0.25, -0.2) is 9.97 Å². The molecule has 3 rings (SSSR count). The number of nitrogens with zero attached hydrogens (tertiary/aromatic N) is 3. The number of hydrogen-bond donors (Lipinski definition) is 0. The lowest BCUT2D eigenvalue weighted by molar-refractivity contribution is -0.146. The number of rotatable bonds is 2. The standard InChI is InChI=1S/C15H21N3O3/c1-11-16-5-2-13(17-11)14-10-18(6-9-21-14)15(19)12-3-7-20-8-4-12/h2,5,12,14H,3-4,6-10H2,1H3. The van der Waals surface area contributed by atoms with E-state index in [0.29, 0.717) is 32.9 Å². The van der Waals surface area contributed by atoms with E-state index in [4.69, 9.17) is 9.47 Å². The van der Waals surface area contributed by atoms with Crippen molar-refractivity contribution >= 4 is 5.91 Å². The quantitative estimate of drug-likeness (QED) is 0.817. The molecule has 6 heteroatoms. The van der Waals surface area contributed by atoms with Crippen molar-refractivity contribution in [3.63, 3.8) is 0 Å². The van der Waals surface area contributed by atoms with Gasteiger partial charge in [0.05, 0.1) is 18.8 Å². The zero-order valence-electron chi connectivity index (χ0n) is 12.3. The van der Waals surface area contributed by atoms with Gasteiger partial charge in [-0.05, 0) is 25.8 Å². The van der Waals surface area contributed by atoms with E-state index in [1.165, 1.54) is 0 Å². The SMILES string of the molecule is Cc1nccc(C2CN(C(=O)C3CCOCC3)CCO2)n1. The summed E-state index contributed by atoms with van der Waals surface area (Å²) in [4.78, 5) is 23.0. The number of carbonyl (C=O) groups excluding carboxylic acids is 1. The third kappa shape index (κ3) is 3.39. The number of aromatic nitrogens is 2. The topological polar surface area (TPSA) is 64.6 Å². The van der Waals surface area contributed by atoms with E-state index in [9.17, 15) is 4.79 Å². The van der Waals surface area contributed by atoms with Gasteiger partial charge in [-0.2, -0.15) is 0 Å². The molecule has 0 saturated carbocycles. The number of aryl methyl sites for hydroxylation is 1. The van der Waals surface area contributed by atoms with Crippen molar-refractivity contribution in [3.05, 3.63) is 23.8 Å². The van der Waals surface area contributed by atoms with Gasteiger partial charge in [0, 0.05) is 31.9 Å². The van der Waals surface area contributed by atoms with Crippen LogP contribution < -0.4 is 0 Å². The second-order valence-electron chi connectivity index (χ2n) is 5.56. The Balaban J connectivity index is 1.66. The molecule has 2 saturated heterocycles. The van der Waals surface area contributed by atoms with E-state index in [2.05, 4.69) is 9.97 Å². The number of hydrogen-bond acceptors (Lipinski definition) is 5. The van der Waals surface area contributed by atoms with Crippen LogP contribution in [0.3, 0.4) is 0 Å². The molecule has 2 aliphatic heterocycles. The predicted molar refractivity (Wildman–Crippen MR) is 75.6 cm³/mol. The summed E-state index contributed by atoms with van der Waals surface area (Å²) in [5.74, 6) is 1.06. The molecule has 0 N–H and O–H groups in total. The van der Waals surface area contributed by atoms with E-state index in [1.807, 2.05) is 17.9 Å². The number of amides is 1. The van der Waals surface area contributed by atoms with Gasteiger partial charge in [-0.1, -0.05) is 0 Å². The van der Waals surface area contributed by atoms with Crippen molar-refractivity contribution in [2.75, 3.05) is 32.9 Å². The molecule has 21 heavy (non-hydrogen) atoms. The molecule has 114 valence electrons. The summed E-state index contributed by atoms with van der Waals surface area (Å²) in [6, 6.07) is 1.86. The average molecular weight is 291 g/mol. The summed E-state index contributed by atoms with van der Waals surface area (Å²) in [5, 5.41) is 0. The van der Waals surface area contributed by atoms with E-state index in [0.717, 1.165) is 24.4 Å². The molecule has 2 fully saturated rings. The fraction of sp³-hybridized carbons (Fsp3) is 0.667. The van der Waals surface area contributed by atoms with Crippen molar-refractivity contribution in [3.8, 4) is 0 Å². The van der Waals surface area contributed by atoms with Crippen molar-refractivity contribution in [1.82, 2.24) is 14.9 Å². The second kappa shape index (κ2) is 6.49. The molecular weight excluding hydrogens is 270 g/mol. The van der Waals surface area contributed by atoms with Gasteiger partial charge in [0.1, 0.15) is 11.9 Å². The lowest BCUT2D eigenvalue weighted by atomic mass is 9.98. The number of ether oxygens (including phenoxy) is 2. The summed E-state index contributed by atoms with van der Waals surface area (Å²) in [5.41, 5.74) is 0.854. The smallest absolute Gasteiger partial charge is 0.226 e. The maximum Gasteiger partial charge on any atom is 0.226 e. The first-order valence-electron chi connectivity index (χ1n) is 7.52. The Hall–Kier alpha value is -1.53. The third-order valence-corrected chi connectivity index (χ3v) is 4.08. The van der Waals surface area contributed by atoms with Gasteiger partial charge in [-0.3, -0.25) is 4.79 Å². The fourth-order valence-electron chi connectivity index (χ4n) is 2.88. The largest absolute Gasteiger partial charge is 0.381 e. The van der Waals surface area contributed by atoms with Gasteiger partial charge in [0.2, 0.25) is 5.91 Å². The Morgan fingerprint density at radius 1 is 1.33 bits per heavy atom. The third-order valence-electron chi connectivity index (χ3n) is 4.08. The zero-order chi connectivity index (χ0) is 14.7. The second-order valence-corrected chi connectivity index (χ2v) is 5.56. The Bertz CT molecular complexity index is 503. The minimum Gasteiger partial charge on any atom is -0.381 e. The molecule has 1 unspecified atom stereocenters. The number of morpholine rings is 1. The molecule has 0 radical (unpaired) electrons. The van der Waals surface area contributed by atoms with E-state index in [1.54, 1.807) is 6.20 Å². The maximum atomic E-state index is 12.6. The highest BCUT2D eigenvalue weighted by Crippen LogP contribution is 2.24. The van der Waals surface area contributed by atoms with Gasteiger partial charge in [-0.15, -0.1) is 0 Å². The molecule has 0 bridgehead atoms. The van der Waals surface area contributed by atoms with E-state index in [-0.39, 0.29) is 17.9 Å². The van der Waals surface area contributed by atoms with Crippen LogP contribution in [0.1, 0.15) is 30.5 Å². The summed E-state index contributed by atoms with van der Waals surface area (Å²) < 4.78 is 11.1. The van der Waals surface area contributed by atoms with Crippen molar-refractivity contribution in [2.45, 2.75) is 25.9 Å².